The van der Waals surface area contributed by atoms with Crippen LogP contribution in [0.1, 0.15) is 46.5 Å². The lowest BCUT2D eigenvalue weighted by atomic mass is 9.72. The van der Waals surface area contributed by atoms with Crippen molar-refractivity contribution >= 4 is 27.3 Å². The van der Waals surface area contributed by atoms with Gasteiger partial charge in [0, 0.05) is 11.8 Å². The Morgan fingerprint density at radius 1 is 1.06 bits per heavy atom. The van der Waals surface area contributed by atoms with Crippen molar-refractivity contribution in [1.82, 2.24) is 5.43 Å². The van der Waals surface area contributed by atoms with Crippen LogP contribution in [0.4, 0.5) is 5.69 Å². The van der Waals surface area contributed by atoms with Crippen molar-refractivity contribution < 1.29 is 22.7 Å². The van der Waals surface area contributed by atoms with Crippen LogP contribution in [0, 0.1) is 11.3 Å². The first-order valence-electron chi connectivity index (χ1n) is 11.7. The maximum Gasteiger partial charge on any atom is 0.264 e. The largest absolute Gasteiger partial charge is 0.497 e. The van der Waals surface area contributed by atoms with E-state index >= 15 is 0 Å². The fourth-order valence-electron chi connectivity index (χ4n) is 4.25. The first kappa shape index (κ1) is 26.5. The van der Waals surface area contributed by atoms with Crippen LogP contribution in [0.25, 0.3) is 0 Å². The minimum atomic E-state index is -4.06. The van der Waals surface area contributed by atoms with Crippen LogP contribution in [0.5, 0.6) is 11.5 Å². The first-order chi connectivity index (χ1) is 16.6. The summed E-state index contributed by atoms with van der Waals surface area (Å²) in [6.07, 6.45) is 3.69. The number of nitrogens with zero attached hydrogens (tertiary/aromatic N) is 2. The second-order valence-corrected chi connectivity index (χ2v) is 11.6. The number of nitrogens with one attached hydrogen (secondary N) is 1. The fraction of sp³-hybridized carbons (Fsp3) is 0.462. The van der Waals surface area contributed by atoms with Gasteiger partial charge in [-0.25, -0.2) is 13.8 Å². The number of hydrogen-bond acceptors (Lipinski definition) is 6. The van der Waals surface area contributed by atoms with Gasteiger partial charge in [-0.2, -0.15) is 5.10 Å². The van der Waals surface area contributed by atoms with Crippen molar-refractivity contribution in [2.45, 2.75) is 51.3 Å². The molecule has 1 fully saturated rings. The third-order valence-electron chi connectivity index (χ3n) is 6.40. The molecule has 0 saturated heterocycles. The van der Waals surface area contributed by atoms with Crippen molar-refractivity contribution in [2.75, 3.05) is 25.1 Å². The number of benzene rings is 2. The van der Waals surface area contributed by atoms with E-state index in [4.69, 9.17) is 9.47 Å². The monoisotopic (exact) mass is 501 g/mol. The second-order valence-electron chi connectivity index (χ2n) is 9.72. The van der Waals surface area contributed by atoms with Gasteiger partial charge in [-0.1, -0.05) is 39.0 Å². The molecule has 2 aromatic rings. The smallest absolute Gasteiger partial charge is 0.264 e. The van der Waals surface area contributed by atoms with E-state index in [-0.39, 0.29) is 21.7 Å². The zero-order valence-corrected chi connectivity index (χ0v) is 21.9. The van der Waals surface area contributed by atoms with E-state index in [2.05, 4.69) is 31.3 Å². The van der Waals surface area contributed by atoms with Gasteiger partial charge < -0.3 is 9.47 Å². The van der Waals surface area contributed by atoms with Gasteiger partial charge in [0.15, 0.2) is 0 Å². The number of ether oxygens (including phenoxy) is 2. The number of anilines is 1. The molecule has 0 aromatic heterocycles. The highest BCUT2D eigenvalue weighted by Gasteiger charge is 2.30. The third-order valence-corrected chi connectivity index (χ3v) is 8.17. The minimum absolute atomic E-state index is 0.0671. The molecule has 190 valence electrons. The van der Waals surface area contributed by atoms with Crippen LogP contribution < -0.4 is 19.2 Å². The summed E-state index contributed by atoms with van der Waals surface area (Å²) in [7, 11) is -1.12. The molecule has 1 aliphatic rings. The predicted molar refractivity (Wildman–Crippen MR) is 138 cm³/mol. The predicted octanol–water partition coefficient (Wildman–Crippen LogP) is 4.61. The number of carbonyl (C=O) groups excluding carboxylic acids is 1. The van der Waals surface area contributed by atoms with Crippen molar-refractivity contribution in [3.63, 3.8) is 0 Å². The highest BCUT2D eigenvalue weighted by atomic mass is 32.2. The summed E-state index contributed by atoms with van der Waals surface area (Å²) in [5.41, 5.74) is 3.97. The van der Waals surface area contributed by atoms with Gasteiger partial charge >= 0.3 is 0 Å². The average Bonchev–Trinajstić information content (AvgIpc) is 2.85. The van der Waals surface area contributed by atoms with E-state index in [1.54, 1.807) is 36.4 Å². The van der Waals surface area contributed by atoms with Gasteiger partial charge in [-0.15, -0.1) is 0 Å². The zero-order valence-electron chi connectivity index (χ0n) is 21.1. The van der Waals surface area contributed by atoms with E-state index < -0.39 is 22.5 Å². The van der Waals surface area contributed by atoms with Gasteiger partial charge in [-0.05, 0) is 61.3 Å². The van der Waals surface area contributed by atoms with E-state index in [1.165, 1.54) is 26.4 Å². The molecule has 0 bridgehead atoms. The van der Waals surface area contributed by atoms with Crippen LogP contribution >= 0.6 is 0 Å². The highest BCUT2D eigenvalue weighted by molar-refractivity contribution is 7.92. The molecule has 0 spiro atoms. The molecule has 35 heavy (non-hydrogen) atoms. The summed E-state index contributed by atoms with van der Waals surface area (Å²) in [6.45, 7) is 6.28. The van der Waals surface area contributed by atoms with Crippen molar-refractivity contribution in [2.24, 2.45) is 16.4 Å². The number of sulfonamides is 1. The SMILES string of the molecule is COc1ccc(N(CC(=O)NN=C2CCC(C(C)(C)C)CC2)S(=O)(=O)c2ccccc2)c(OC)c1. The van der Waals surface area contributed by atoms with Crippen LogP contribution in [0.3, 0.4) is 0 Å². The number of rotatable bonds is 8. The van der Waals surface area contributed by atoms with Crippen molar-refractivity contribution in [3.05, 3.63) is 48.5 Å². The zero-order chi connectivity index (χ0) is 25.6. The molecule has 1 N–H and O–H groups in total. The lowest BCUT2D eigenvalue weighted by molar-refractivity contribution is -0.119. The Bertz CT molecular complexity index is 1150. The van der Waals surface area contributed by atoms with Crippen LogP contribution in [-0.4, -0.2) is 40.8 Å². The van der Waals surface area contributed by atoms with E-state index in [1.807, 2.05) is 0 Å². The van der Waals surface area contributed by atoms with E-state index in [0.717, 1.165) is 35.7 Å². The molecule has 1 amide bonds. The van der Waals surface area contributed by atoms with Gasteiger partial charge in [0.05, 0.1) is 24.8 Å². The molecule has 1 saturated carbocycles. The molecule has 0 aliphatic heterocycles. The van der Waals surface area contributed by atoms with Gasteiger partial charge in [0.1, 0.15) is 18.0 Å². The molecule has 3 rings (SSSR count). The molecule has 9 heteroatoms. The summed E-state index contributed by atoms with van der Waals surface area (Å²) in [6, 6.07) is 12.7. The fourth-order valence-corrected chi connectivity index (χ4v) is 5.70. The highest BCUT2D eigenvalue weighted by Crippen LogP contribution is 2.37. The van der Waals surface area contributed by atoms with Gasteiger partial charge in [0.2, 0.25) is 0 Å². The average molecular weight is 502 g/mol. The molecule has 8 nitrogen and oxygen atoms in total. The quantitative estimate of drug-likeness (QED) is 0.533. The molecule has 2 aromatic carbocycles. The summed E-state index contributed by atoms with van der Waals surface area (Å²) in [5.74, 6) is 0.854. The molecule has 1 aliphatic carbocycles. The number of carbonyl (C=O) groups is 1. The lowest BCUT2D eigenvalue weighted by Crippen LogP contribution is -2.40. The van der Waals surface area contributed by atoms with E-state index in [9.17, 15) is 13.2 Å². The Kier molecular flexibility index (Phi) is 8.43. The van der Waals surface area contributed by atoms with Gasteiger partial charge in [-0.3, -0.25) is 9.10 Å². The normalized spacial score (nSPS) is 16.4. The molecule has 0 heterocycles. The first-order valence-corrected chi connectivity index (χ1v) is 13.1. The van der Waals surface area contributed by atoms with Crippen LogP contribution in [0.15, 0.2) is 58.5 Å². The summed E-state index contributed by atoms with van der Waals surface area (Å²) < 4.78 is 38.8. The second kappa shape index (κ2) is 11.1. The van der Waals surface area contributed by atoms with Crippen LogP contribution in [0.2, 0.25) is 0 Å². The molecule has 0 unspecified atom stereocenters. The van der Waals surface area contributed by atoms with Crippen molar-refractivity contribution in [3.8, 4) is 11.5 Å². The summed E-state index contributed by atoms with van der Waals surface area (Å²) in [5, 5.41) is 4.32. The standard InChI is InChI=1S/C26H35N3O5S/c1-26(2,3)19-11-13-20(14-12-19)27-28-25(30)18-29(35(31,32)22-9-7-6-8-10-22)23-16-15-21(33-4)17-24(23)34-5/h6-10,15-17,19H,11-14,18H2,1-5H3,(H,28,30). The Morgan fingerprint density at radius 3 is 2.29 bits per heavy atom. The summed E-state index contributed by atoms with van der Waals surface area (Å²) >= 11 is 0. The molecule has 0 atom stereocenters. The molecular formula is C26H35N3O5S. The maximum atomic E-state index is 13.6. The maximum absolute atomic E-state index is 13.6. The third kappa shape index (κ3) is 6.54. The minimum Gasteiger partial charge on any atom is -0.497 e. The number of methoxy groups -OCH3 is 2. The Labute approximate surface area is 208 Å². The Balaban J connectivity index is 1.84. The van der Waals surface area contributed by atoms with E-state index in [0.29, 0.717) is 11.7 Å². The summed E-state index contributed by atoms with van der Waals surface area (Å²) in [4.78, 5) is 13.0. The molecule has 0 radical (unpaired) electrons. The Hall–Kier alpha value is -3.07. The van der Waals surface area contributed by atoms with Crippen molar-refractivity contribution in [1.29, 1.82) is 0 Å². The topological polar surface area (TPSA) is 97.3 Å². The van der Waals surface area contributed by atoms with Crippen LogP contribution in [-0.2, 0) is 14.8 Å². The lowest BCUT2D eigenvalue weighted by Gasteiger charge is -2.34. The number of amides is 1. The van der Waals surface area contributed by atoms with Gasteiger partial charge in [0.25, 0.3) is 15.9 Å². The Morgan fingerprint density at radius 2 is 1.71 bits per heavy atom. The number of hydrazone groups is 1. The number of hydrogen-bond donors (Lipinski definition) is 1. The molecular weight excluding hydrogens is 466 g/mol.